The number of aromatic nitrogens is 3. The molecule has 10 nitrogen and oxygen atoms in total. The number of likely N-dealkylation sites (tertiary alicyclic amines) is 1. The van der Waals surface area contributed by atoms with Crippen molar-refractivity contribution in [2.75, 3.05) is 32.1 Å². The Bertz CT molecular complexity index is 1920. The van der Waals surface area contributed by atoms with Crippen molar-refractivity contribution in [2.24, 2.45) is 13.0 Å². The number of rotatable bonds is 8. The molecule has 1 amide bonds. The number of benzene rings is 2. The number of amides is 1. The number of nitrogens with zero attached hydrogens (tertiary/aromatic N) is 4. The highest BCUT2D eigenvalue weighted by Gasteiger charge is 2.42. The number of ether oxygens (including phenoxy) is 2. The second kappa shape index (κ2) is 12.6. The van der Waals surface area contributed by atoms with Gasteiger partial charge in [0.15, 0.2) is 0 Å². The average molecular weight is 646 g/mol. The predicted octanol–water partition coefficient (Wildman–Crippen LogP) is 5.35. The quantitative estimate of drug-likeness (QED) is 0.255. The number of methoxy groups -OCH3 is 1. The Labute approximate surface area is 270 Å². The summed E-state index contributed by atoms with van der Waals surface area (Å²) in [4.78, 5) is 44.6. The normalized spacial score (nSPS) is 16.1. The molecular formula is C34H33ClFN5O5. The number of carbonyl (C=O) groups is 2. The first-order valence-electron chi connectivity index (χ1n) is 15.0. The lowest BCUT2D eigenvalue weighted by Crippen LogP contribution is -2.51. The molecule has 2 aliphatic rings. The number of pyridine rings is 1. The summed E-state index contributed by atoms with van der Waals surface area (Å²) in [5.41, 5.74) is 4.15. The first kappa shape index (κ1) is 31.4. The van der Waals surface area contributed by atoms with E-state index in [9.17, 15) is 14.4 Å². The highest BCUT2D eigenvalue weighted by atomic mass is 35.5. The van der Waals surface area contributed by atoms with E-state index in [1.807, 2.05) is 6.07 Å². The Morgan fingerprint density at radius 2 is 1.93 bits per heavy atom. The minimum absolute atomic E-state index is 0.0692. The fourth-order valence-corrected chi connectivity index (χ4v) is 6.68. The van der Waals surface area contributed by atoms with E-state index in [2.05, 4.69) is 15.3 Å². The van der Waals surface area contributed by atoms with Crippen LogP contribution in [0.3, 0.4) is 0 Å². The zero-order valence-electron chi connectivity index (χ0n) is 25.9. The van der Waals surface area contributed by atoms with Gasteiger partial charge in [0.2, 0.25) is 5.88 Å². The highest BCUT2D eigenvalue weighted by molar-refractivity contribution is 6.36. The molecule has 6 rings (SSSR count). The van der Waals surface area contributed by atoms with E-state index in [1.165, 1.54) is 25.4 Å². The molecule has 3 heterocycles. The van der Waals surface area contributed by atoms with Crippen molar-refractivity contribution >= 4 is 29.2 Å². The zero-order chi connectivity index (χ0) is 32.7. The van der Waals surface area contributed by atoms with Crippen LogP contribution in [0.15, 0.2) is 53.5 Å². The molecule has 238 valence electrons. The molecule has 12 heteroatoms. The van der Waals surface area contributed by atoms with Crippen molar-refractivity contribution in [2.45, 2.75) is 32.7 Å². The van der Waals surface area contributed by atoms with Crippen molar-refractivity contribution in [3.8, 4) is 28.3 Å². The van der Waals surface area contributed by atoms with Crippen molar-refractivity contribution in [3.05, 3.63) is 92.1 Å². The van der Waals surface area contributed by atoms with Crippen molar-refractivity contribution in [3.63, 3.8) is 0 Å². The number of hydrogen-bond donors (Lipinski definition) is 1. The standard InChI is InChI=1S/C34H33ClFN5O5/c1-5-46-34(44)20-16-41(17-20)27-12-9-19-15-26(39-32(45-4)28(19)27)22-10-11-24(36)29(30(22)35)21-7-6-8-25(18(21)2)38-31(42)23-13-14-37-40(3)33(23)43/h6-8,10-11,13-15,20,27H,5,9,12,16-17H2,1-4H3,(H,38,42)/t27-/m0/s1. The lowest BCUT2D eigenvalue weighted by atomic mass is 9.94. The van der Waals surface area contributed by atoms with Crippen molar-refractivity contribution in [1.82, 2.24) is 19.7 Å². The summed E-state index contributed by atoms with van der Waals surface area (Å²) in [6.45, 7) is 5.17. The molecule has 1 atom stereocenters. The summed E-state index contributed by atoms with van der Waals surface area (Å²) < 4.78 is 27.6. The third kappa shape index (κ3) is 5.54. The molecule has 0 bridgehead atoms. The predicted molar refractivity (Wildman–Crippen MR) is 172 cm³/mol. The molecule has 46 heavy (non-hydrogen) atoms. The summed E-state index contributed by atoms with van der Waals surface area (Å²) in [6.07, 6.45) is 3.02. The number of anilines is 1. The number of esters is 1. The number of carbonyl (C=O) groups excluding carboxylic acids is 2. The van der Waals surface area contributed by atoms with Crippen LogP contribution in [0.1, 0.15) is 46.4 Å². The second-order valence-corrected chi connectivity index (χ2v) is 11.8. The minimum Gasteiger partial charge on any atom is -0.481 e. The Hall–Kier alpha value is -4.61. The molecule has 0 radical (unpaired) electrons. The van der Waals surface area contributed by atoms with Gasteiger partial charge in [0, 0.05) is 54.8 Å². The van der Waals surface area contributed by atoms with Crippen LogP contribution in [0.2, 0.25) is 5.02 Å². The third-order valence-corrected chi connectivity index (χ3v) is 9.15. The van der Waals surface area contributed by atoms with Gasteiger partial charge in [0.1, 0.15) is 11.4 Å². The fourth-order valence-electron chi connectivity index (χ4n) is 6.32. The van der Waals surface area contributed by atoms with Crippen LogP contribution in [0, 0.1) is 18.7 Å². The number of halogens is 2. The van der Waals surface area contributed by atoms with E-state index >= 15 is 4.39 Å². The molecule has 1 N–H and O–H groups in total. The third-order valence-electron chi connectivity index (χ3n) is 8.76. The summed E-state index contributed by atoms with van der Waals surface area (Å²) >= 11 is 6.96. The van der Waals surface area contributed by atoms with Crippen molar-refractivity contribution < 1.29 is 23.5 Å². The zero-order valence-corrected chi connectivity index (χ0v) is 26.7. The number of fused-ring (bicyclic) bond motifs is 1. The summed E-state index contributed by atoms with van der Waals surface area (Å²) in [7, 11) is 3.03. The molecule has 2 aromatic carbocycles. The van der Waals surface area contributed by atoms with Gasteiger partial charge in [-0.25, -0.2) is 14.1 Å². The van der Waals surface area contributed by atoms with Crippen LogP contribution in [-0.2, 0) is 23.0 Å². The molecule has 1 saturated heterocycles. The average Bonchev–Trinajstić information content (AvgIpc) is 3.43. The van der Waals surface area contributed by atoms with Gasteiger partial charge in [-0.2, -0.15) is 5.10 Å². The summed E-state index contributed by atoms with van der Waals surface area (Å²) in [5, 5.41) is 6.78. The lowest BCUT2D eigenvalue weighted by Gasteiger charge is -2.42. The largest absolute Gasteiger partial charge is 0.481 e. The van der Waals surface area contributed by atoms with Gasteiger partial charge < -0.3 is 14.8 Å². The molecule has 2 aromatic heterocycles. The van der Waals surface area contributed by atoms with Crippen LogP contribution in [0.5, 0.6) is 5.88 Å². The van der Waals surface area contributed by atoms with Crippen LogP contribution in [0.25, 0.3) is 22.4 Å². The number of nitrogens with one attached hydrogen (secondary N) is 1. The topological polar surface area (TPSA) is 116 Å². The van der Waals surface area contributed by atoms with E-state index in [0.29, 0.717) is 53.6 Å². The van der Waals surface area contributed by atoms with Gasteiger partial charge >= 0.3 is 5.97 Å². The Kier molecular flexibility index (Phi) is 8.63. The first-order chi connectivity index (χ1) is 22.1. The van der Waals surface area contributed by atoms with Gasteiger partial charge in [-0.1, -0.05) is 23.7 Å². The molecule has 0 spiro atoms. The summed E-state index contributed by atoms with van der Waals surface area (Å²) in [5.74, 6) is -0.963. The number of hydrogen-bond acceptors (Lipinski definition) is 8. The molecule has 0 unspecified atom stereocenters. The molecule has 1 aliphatic heterocycles. The van der Waals surface area contributed by atoms with Gasteiger partial charge in [-0.15, -0.1) is 0 Å². The molecule has 1 fully saturated rings. The molecule has 1 aliphatic carbocycles. The highest BCUT2D eigenvalue weighted by Crippen LogP contribution is 2.46. The first-order valence-corrected chi connectivity index (χ1v) is 15.4. The Morgan fingerprint density at radius 3 is 2.67 bits per heavy atom. The minimum atomic E-state index is -0.606. The fraction of sp³-hybridized carbons (Fsp3) is 0.324. The van der Waals surface area contributed by atoms with E-state index < -0.39 is 17.3 Å². The van der Waals surface area contributed by atoms with Crippen molar-refractivity contribution in [1.29, 1.82) is 0 Å². The summed E-state index contributed by atoms with van der Waals surface area (Å²) in [6, 6.07) is 11.4. The van der Waals surface area contributed by atoms with Crippen LogP contribution >= 0.6 is 11.6 Å². The number of aryl methyl sites for hydroxylation is 2. The maximum atomic E-state index is 15.5. The van der Waals surface area contributed by atoms with Crippen LogP contribution in [0.4, 0.5) is 10.1 Å². The van der Waals surface area contributed by atoms with Gasteiger partial charge in [-0.05, 0) is 73.7 Å². The van der Waals surface area contributed by atoms with Crippen LogP contribution in [-0.4, -0.2) is 58.3 Å². The van der Waals surface area contributed by atoms with Crippen LogP contribution < -0.4 is 15.6 Å². The van der Waals surface area contributed by atoms with E-state index in [1.54, 1.807) is 45.2 Å². The Morgan fingerprint density at radius 1 is 1.15 bits per heavy atom. The monoisotopic (exact) mass is 645 g/mol. The van der Waals surface area contributed by atoms with E-state index in [0.717, 1.165) is 28.7 Å². The smallest absolute Gasteiger partial charge is 0.311 e. The second-order valence-electron chi connectivity index (χ2n) is 11.4. The maximum absolute atomic E-state index is 15.5. The molecule has 4 aromatic rings. The SMILES string of the molecule is CCOC(=O)C1CN([C@H]2CCc3cc(-c4ccc(F)c(-c5cccc(NC(=O)c6ccnn(C)c6=O)c5C)c4Cl)nc(OC)c32)C1. The lowest BCUT2D eigenvalue weighted by molar-refractivity contribution is -0.155. The van der Waals surface area contributed by atoms with E-state index in [4.69, 9.17) is 26.1 Å². The van der Waals surface area contributed by atoms with Gasteiger partial charge in [0.25, 0.3) is 11.5 Å². The Balaban J connectivity index is 1.32. The van der Waals surface area contributed by atoms with Gasteiger partial charge in [0.05, 0.1) is 30.4 Å². The molecular weight excluding hydrogens is 613 g/mol. The van der Waals surface area contributed by atoms with Gasteiger partial charge in [-0.3, -0.25) is 19.3 Å². The van der Waals surface area contributed by atoms with E-state index in [-0.39, 0.29) is 34.1 Å². The maximum Gasteiger partial charge on any atom is 0.311 e. The molecule has 0 saturated carbocycles.